The van der Waals surface area contributed by atoms with Crippen molar-refractivity contribution in [3.8, 4) is 0 Å². The molecule has 0 aliphatic heterocycles. The van der Waals surface area contributed by atoms with Crippen molar-refractivity contribution in [1.29, 1.82) is 0 Å². The fourth-order valence-electron chi connectivity index (χ4n) is 1.36. The Hall–Kier alpha value is -1.56. The number of hydrogen-bond acceptors (Lipinski definition) is 5. The third-order valence-corrected chi connectivity index (χ3v) is 2.80. The fourth-order valence-corrected chi connectivity index (χ4v) is 1.86. The lowest BCUT2D eigenvalue weighted by molar-refractivity contribution is 0.614. The van der Waals surface area contributed by atoms with Gasteiger partial charge in [0.1, 0.15) is 11.3 Å². The van der Waals surface area contributed by atoms with E-state index in [1.54, 1.807) is 11.6 Å². The molecule has 0 saturated carbocycles. The maximum Gasteiger partial charge on any atom is 0.205 e. The molecule has 0 saturated heterocycles. The minimum absolute atomic E-state index is 0.0357. The summed E-state index contributed by atoms with van der Waals surface area (Å²) in [5, 5.41) is 11.6. The Labute approximate surface area is 96.6 Å². The van der Waals surface area contributed by atoms with Crippen molar-refractivity contribution in [2.75, 3.05) is 5.32 Å². The highest BCUT2D eigenvalue weighted by atomic mass is 32.1. The first-order chi connectivity index (χ1) is 7.79. The zero-order valence-corrected chi connectivity index (χ0v) is 9.54. The summed E-state index contributed by atoms with van der Waals surface area (Å²) in [7, 11) is 0. The van der Waals surface area contributed by atoms with Gasteiger partial charge in [0.2, 0.25) is 5.13 Å². The molecule has 2 heterocycles. The lowest BCUT2D eigenvalue weighted by atomic mass is 10.1. The molecule has 1 atom stereocenters. The summed E-state index contributed by atoms with van der Waals surface area (Å²) in [6, 6.07) is 3.12. The molecule has 16 heavy (non-hydrogen) atoms. The van der Waals surface area contributed by atoms with Crippen molar-refractivity contribution >= 4 is 16.5 Å². The van der Waals surface area contributed by atoms with Crippen LogP contribution in [0, 0.1) is 5.82 Å². The number of hydrogen-bond donors (Lipinski definition) is 1. The summed E-state index contributed by atoms with van der Waals surface area (Å²) in [4.78, 5) is 4.05. The van der Waals surface area contributed by atoms with E-state index in [0.29, 0.717) is 0 Å². The lowest BCUT2D eigenvalue weighted by Crippen LogP contribution is -2.11. The van der Waals surface area contributed by atoms with Gasteiger partial charge in [-0.15, -0.1) is 10.2 Å². The zero-order chi connectivity index (χ0) is 11.4. The molecule has 0 aliphatic rings. The number of halogens is 1. The number of anilines is 1. The molecule has 1 unspecified atom stereocenters. The van der Waals surface area contributed by atoms with E-state index in [9.17, 15) is 4.39 Å². The molecule has 84 valence electrons. The fraction of sp³-hybridized carbons (Fsp3) is 0.300. The smallest absolute Gasteiger partial charge is 0.205 e. The van der Waals surface area contributed by atoms with Crippen molar-refractivity contribution in [3.05, 3.63) is 35.4 Å². The van der Waals surface area contributed by atoms with Crippen molar-refractivity contribution in [1.82, 2.24) is 15.2 Å². The van der Waals surface area contributed by atoms with Crippen LogP contribution in [0.3, 0.4) is 0 Å². The van der Waals surface area contributed by atoms with E-state index in [4.69, 9.17) is 0 Å². The molecule has 1 N–H and O–H groups in total. The molecule has 0 amide bonds. The minimum atomic E-state index is -0.325. The highest BCUT2D eigenvalue weighted by molar-refractivity contribution is 7.13. The summed E-state index contributed by atoms with van der Waals surface area (Å²) in [6.45, 7) is 2.03. The number of pyridine rings is 1. The third kappa shape index (κ3) is 2.52. The highest BCUT2D eigenvalue weighted by Gasteiger charge is 2.11. The van der Waals surface area contributed by atoms with Crippen LogP contribution in [0.2, 0.25) is 0 Å². The minimum Gasteiger partial charge on any atom is -0.352 e. The Morgan fingerprint density at radius 3 is 2.94 bits per heavy atom. The predicted octanol–water partition coefficient (Wildman–Crippen LogP) is 2.64. The first-order valence-corrected chi connectivity index (χ1v) is 5.81. The molecule has 2 aromatic rings. The Balaban J connectivity index is 2.13. The van der Waals surface area contributed by atoms with Crippen LogP contribution in [-0.4, -0.2) is 15.2 Å². The molecular formula is C10H11FN4S. The third-order valence-electron chi connectivity index (χ3n) is 2.17. The summed E-state index contributed by atoms with van der Waals surface area (Å²) in [5.74, 6) is -0.325. The van der Waals surface area contributed by atoms with Crippen LogP contribution in [-0.2, 0) is 0 Å². The second kappa shape index (κ2) is 4.98. The van der Waals surface area contributed by atoms with Crippen LogP contribution in [0.1, 0.15) is 25.1 Å². The molecule has 6 heteroatoms. The Bertz CT molecular complexity index is 429. The molecule has 0 aromatic carbocycles. The summed E-state index contributed by atoms with van der Waals surface area (Å²) in [5.41, 5.74) is 2.46. The molecule has 2 rings (SSSR count). The van der Waals surface area contributed by atoms with Crippen LogP contribution in [0.4, 0.5) is 9.52 Å². The van der Waals surface area contributed by atoms with Gasteiger partial charge >= 0.3 is 0 Å². The quantitative estimate of drug-likeness (QED) is 0.889. The van der Waals surface area contributed by atoms with Crippen LogP contribution >= 0.6 is 11.3 Å². The van der Waals surface area contributed by atoms with E-state index >= 15 is 0 Å². The number of rotatable bonds is 4. The Morgan fingerprint density at radius 2 is 2.38 bits per heavy atom. The molecule has 2 aromatic heterocycles. The molecule has 0 spiro atoms. The van der Waals surface area contributed by atoms with E-state index in [-0.39, 0.29) is 11.9 Å². The van der Waals surface area contributed by atoms with Gasteiger partial charge in [-0.1, -0.05) is 18.3 Å². The van der Waals surface area contributed by atoms with Crippen molar-refractivity contribution in [3.63, 3.8) is 0 Å². The van der Waals surface area contributed by atoms with Crippen molar-refractivity contribution < 1.29 is 4.39 Å². The van der Waals surface area contributed by atoms with Crippen molar-refractivity contribution in [2.24, 2.45) is 0 Å². The van der Waals surface area contributed by atoms with Gasteiger partial charge in [-0.3, -0.25) is 4.98 Å². The molecule has 0 bridgehead atoms. The van der Waals surface area contributed by atoms with Gasteiger partial charge in [-0.2, -0.15) is 0 Å². The van der Waals surface area contributed by atoms with Crippen LogP contribution in [0.25, 0.3) is 0 Å². The molecule has 0 radical (unpaired) electrons. The van der Waals surface area contributed by atoms with Gasteiger partial charge < -0.3 is 5.32 Å². The second-order valence-corrected chi connectivity index (χ2v) is 4.08. The van der Waals surface area contributed by atoms with E-state index in [1.807, 2.05) is 6.92 Å². The lowest BCUT2D eigenvalue weighted by Gasteiger charge is -2.14. The topological polar surface area (TPSA) is 50.7 Å². The van der Waals surface area contributed by atoms with Gasteiger partial charge in [0, 0.05) is 0 Å². The Morgan fingerprint density at radius 1 is 1.50 bits per heavy atom. The summed E-state index contributed by atoms with van der Waals surface area (Å²) < 4.78 is 12.7. The van der Waals surface area contributed by atoms with E-state index in [1.165, 1.54) is 23.6 Å². The van der Waals surface area contributed by atoms with E-state index in [2.05, 4.69) is 20.5 Å². The second-order valence-electron chi connectivity index (χ2n) is 3.25. The SMILES string of the molecule is CCC(Nc1nncs1)c1ccc(F)cn1. The van der Waals surface area contributed by atoms with Crippen molar-refractivity contribution in [2.45, 2.75) is 19.4 Å². The first kappa shape index (κ1) is 10.9. The normalized spacial score (nSPS) is 12.4. The van der Waals surface area contributed by atoms with E-state index < -0.39 is 0 Å². The first-order valence-electron chi connectivity index (χ1n) is 4.93. The number of nitrogens with one attached hydrogen (secondary N) is 1. The van der Waals surface area contributed by atoms with Gasteiger partial charge in [-0.25, -0.2) is 4.39 Å². The average Bonchev–Trinajstić information content (AvgIpc) is 2.80. The summed E-state index contributed by atoms with van der Waals surface area (Å²) >= 11 is 1.43. The molecule has 4 nitrogen and oxygen atoms in total. The Kier molecular flexibility index (Phi) is 3.40. The van der Waals surface area contributed by atoms with Crippen LogP contribution < -0.4 is 5.32 Å². The standard InChI is InChI=1S/C10H11FN4S/c1-2-8(14-10-15-13-6-16-10)9-4-3-7(11)5-12-9/h3-6,8H,2H2,1H3,(H,14,15). The predicted molar refractivity (Wildman–Crippen MR) is 60.8 cm³/mol. The molecule has 0 fully saturated rings. The number of aromatic nitrogens is 3. The zero-order valence-electron chi connectivity index (χ0n) is 8.72. The average molecular weight is 238 g/mol. The van der Waals surface area contributed by atoms with E-state index in [0.717, 1.165) is 17.2 Å². The van der Waals surface area contributed by atoms with Gasteiger partial charge in [0.25, 0.3) is 0 Å². The van der Waals surface area contributed by atoms with Gasteiger partial charge in [0.15, 0.2) is 0 Å². The summed E-state index contributed by atoms with van der Waals surface area (Å²) in [6.07, 6.45) is 2.07. The molecular weight excluding hydrogens is 227 g/mol. The van der Waals surface area contributed by atoms with Gasteiger partial charge in [-0.05, 0) is 18.6 Å². The van der Waals surface area contributed by atoms with Gasteiger partial charge in [0.05, 0.1) is 17.9 Å². The maximum atomic E-state index is 12.7. The largest absolute Gasteiger partial charge is 0.352 e. The monoisotopic (exact) mass is 238 g/mol. The van der Waals surface area contributed by atoms with Crippen LogP contribution in [0.15, 0.2) is 23.8 Å². The highest BCUT2D eigenvalue weighted by Crippen LogP contribution is 2.21. The number of nitrogens with zero attached hydrogens (tertiary/aromatic N) is 3. The maximum absolute atomic E-state index is 12.7. The molecule has 0 aliphatic carbocycles. The van der Waals surface area contributed by atoms with Crippen LogP contribution in [0.5, 0.6) is 0 Å².